The monoisotopic (exact) mass is 319 g/mol. The van der Waals surface area contributed by atoms with Gasteiger partial charge in [0.25, 0.3) is 0 Å². The summed E-state index contributed by atoms with van der Waals surface area (Å²) in [5.41, 5.74) is 0.445. The number of aromatic hydroxyl groups is 1. The Morgan fingerprint density at radius 3 is 2.59 bits per heavy atom. The summed E-state index contributed by atoms with van der Waals surface area (Å²) >= 11 is 0.822. The summed E-state index contributed by atoms with van der Waals surface area (Å²) < 4.78 is 12.8. The van der Waals surface area contributed by atoms with Crippen molar-refractivity contribution in [3.63, 3.8) is 0 Å². The first-order valence-corrected chi connectivity index (χ1v) is 7.20. The maximum atomic E-state index is 12.8. The summed E-state index contributed by atoms with van der Waals surface area (Å²) in [5, 5.41) is 25.4. The Labute approximate surface area is 130 Å². The van der Waals surface area contributed by atoms with Crippen LogP contribution in [-0.2, 0) is 6.42 Å². The Kier molecular flexibility index (Phi) is 4.77. The minimum atomic E-state index is -0.636. The molecule has 114 valence electrons. The van der Waals surface area contributed by atoms with Gasteiger partial charge in [-0.05, 0) is 24.6 Å². The van der Waals surface area contributed by atoms with E-state index in [4.69, 9.17) is 10.8 Å². The largest absolute Gasteiger partial charge is 0.503 e. The van der Waals surface area contributed by atoms with E-state index in [0.29, 0.717) is 5.69 Å². The Morgan fingerprint density at radius 1 is 1.32 bits per heavy atom. The first-order valence-electron chi connectivity index (χ1n) is 6.38. The van der Waals surface area contributed by atoms with E-state index in [2.05, 4.69) is 4.98 Å². The molecule has 2 rings (SSSR count). The number of aryl methyl sites for hydroxylation is 1. The highest BCUT2D eigenvalue weighted by Gasteiger charge is 2.14. The zero-order valence-electron chi connectivity index (χ0n) is 11.7. The Morgan fingerprint density at radius 2 is 1.95 bits per heavy atom. The molecule has 0 atom stereocenters. The van der Waals surface area contributed by atoms with Crippen LogP contribution in [0.4, 0.5) is 4.39 Å². The van der Waals surface area contributed by atoms with E-state index in [9.17, 15) is 14.3 Å². The molecule has 7 heteroatoms. The lowest BCUT2D eigenvalue weighted by atomic mass is 10.2. The minimum absolute atomic E-state index is 0.0111. The molecule has 0 unspecified atom stereocenters. The normalized spacial score (nSPS) is 10.5. The van der Waals surface area contributed by atoms with Crippen LogP contribution in [-0.4, -0.2) is 20.2 Å². The van der Waals surface area contributed by atoms with Gasteiger partial charge >= 0.3 is 0 Å². The van der Waals surface area contributed by atoms with Crippen molar-refractivity contribution in [2.75, 3.05) is 0 Å². The van der Waals surface area contributed by atoms with Crippen LogP contribution in [0.25, 0.3) is 0 Å². The van der Waals surface area contributed by atoms with Crippen molar-refractivity contribution < 1.29 is 9.50 Å². The molecule has 2 aromatic rings. The predicted octanol–water partition coefficient (Wildman–Crippen LogP) is 2.81. The zero-order valence-corrected chi connectivity index (χ0v) is 12.6. The summed E-state index contributed by atoms with van der Waals surface area (Å²) in [6.45, 7) is 1.55. The van der Waals surface area contributed by atoms with Crippen molar-refractivity contribution in [1.82, 2.24) is 4.98 Å². The summed E-state index contributed by atoms with van der Waals surface area (Å²) in [7, 11) is 0. The van der Waals surface area contributed by atoms with Crippen molar-refractivity contribution in [3.05, 3.63) is 63.3 Å². The van der Waals surface area contributed by atoms with Crippen molar-refractivity contribution in [1.29, 1.82) is 10.8 Å². The molecule has 0 saturated carbocycles. The molecule has 0 spiro atoms. The number of hydrogen-bond acceptors (Lipinski definition) is 5. The number of halogens is 1. The van der Waals surface area contributed by atoms with Gasteiger partial charge in [0.05, 0.1) is 16.3 Å². The minimum Gasteiger partial charge on any atom is -0.503 e. The van der Waals surface area contributed by atoms with Crippen LogP contribution in [0.5, 0.6) is 5.75 Å². The molecule has 22 heavy (non-hydrogen) atoms. The number of rotatable bonds is 3. The molecular formula is C15H14FN3O2S. The second-order valence-electron chi connectivity index (χ2n) is 4.66. The first-order chi connectivity index (χ1) is 10.4. The van der Waals surface area contributed by atoms with Crippen molar-refractivity contribution in [2.24, 2.45) is 0 Å². The lowest BCUT2D eigenvalue weighted by molar-refractivity contribution is 0.462. The van der Waals surface area contributed by atoms with Crippen LogP contribution in [0, 0.1) is 23.6 Å². The van der Waals surface area contributed by atoms with E-state index in [1.807, 2.05) is 0 Å². The van der Waals surface area contributed by atoms with E-state index in [-0.39, 0.29) is 27.9 Å². The average Bonchev–Trinajstić information content (AvgIpc) is 2.47. The van der Waals surface area contributed by atoms with E-state index >= 15 is 0 Å². The van der Waals surface area contributed by atoms with Gasteiger partial charge in [0, 0.05) is 12.6 Å². The van der Waals surface area contributed by atoms with Crippen molar-refractivity contribution in [2.45, 2.75) is 13.3 Å². The number of H-pyrrole nitrogens is 1. The summed E-state index contributed by atoms with van der Waals surface area (Å²) in [5.74, 6) is -0.773. The van der Waals surface area contributed by atoms with E-state index in [1.165, 1.54) is 18.3 Å². The van der Waals surface area contributed by atoms with Crippen LogP contribution >= 0.6 is 11.8 Å². The standard InChI is InChI=1S/C15H14FN3O2S/c1-8-13(20)14(21)11(7-19-8)15(18)22-12(17)6-9-2-4-10(16)5-3-9/h2-5,7,17-18,20H,6H2,1H3,(H,19,21). The SMILES string of the molecule is Cc1[nH]cc(C(=N)SC(=N)Cc2ccc(F)cc2)c(=O)c1O. The van der Waals surface area contributed by atoms with Crippen LogP contribution < -0.4 is 5.43 Å². The fourth-order valence-corrected chi connectivity index (χ4v) is 2.53. The molecule has 1 heterocycles. The summed E-state index contributed by atoms with van der Waals surface area (Å²) in [6, 6.07) is 5.75. The number of benzene rings is 1. The van der Waals surface area contributed by atoms with Crippen molar-refractivity contribution in [3.8, 4) is 5.75 Å². The summed E-state index contributed by atoms with van der Waals surface area (Å²) in [4.78, 5) is 14.6. The summed E-state index contributed by atoms with van der Waals surface area (Å²) in [6.07, 6.45) is 1.58. The highest BCUT2D eigenvalue weighted by molar-refractivity contribution is 8.26. The molecule has 0 aliphatic rings. The van der Waals surface area contributed by atoms with Gasteiger partial charge in [-0.15, -0.1) is 0 Å². The molecule has 0 radical (unpaired) electrons. The molecular weight excluding hydrogens is 305 g/mol. The lowest BCUT2D eigenvalue weighted by Crippen LogP contribution is -2.15. The number of thioether (sulfide) groups is 1. The first kappa shape index (κ1) is 16.0. The second kappa shape index (κ2) is 6.57. The number of nitrogens with one attached hydrogen (secondary N) is 3. The Balaban J connectivity index is 2.09. The van der Waals surface area contributed by atoms with Gasteiger partial charge in [0.1, 0.15) is 10.9 Å². The third-order valence-corrected chi connectivity index (χ3v) is 3.81. The maximum Gasteiger partial charge on any atom is 0.233 e. The van der Waals surface area contributed by atoms with Gasteiger partial charge < -0.3 is 10.1 Å². The second-order valence-corrected chi connectivity index (χ2v) is 5.77. The zero-order chi connectivity index (χ0) is 16.3. The Hall–Kier alpha value is -2.41. The highest BCUT2D eigenvalue weighted by atomic mass is 32.2. The third kappa shape index (κ3) is 3.62. The lowest BCUT2D eigenvalue weighted by Gasteiger charge is -2.07. The number of aromatic nitrogens is 1. The third-order valence-electron chi connectivity index (χ3n) is 3.00. The van der Waals surface area contributed by atoms with Crippen molar-refractivity contribution >= 4 is 21.8 Å². The Bertz CT molecular complexity index is 784. The quantitative estimate of drug-likeness (QED) is 0.517. The van der Waals surface area contributed by atoms with Crippen LogP contribution in [0.2, 0.25) is 0 Å². The topological polar surface area (TPSA) is 101 Å². The molecule has 0 aliphatic carbocycles. The number of hydrogen-bond donors (Lipinski definition) is 4. The fourth-order valence-electron chi connectivity index (χ4n) is 1.78. The van der Waals surface area contributed by atoms with Crippen LogP contribution in [0.3, 0.4) is 0 Å². The number of pyridine rings is 1. The van der Waals surface area contributed by atoms with Gasteiger partial charge in [-0.3, -0.25) is 15.6 Å². The molecule has 4 N–H and O–H groups in total. The number of aromatic amines is 1. The maximum absolute atomic E-state index is 12.8. The predicted molar refractivity (Wildman–Crippen MR) is 85.7 cm³/mol. The van der Waals surface area contributed by atoms with E-state index in [1.54, 1.807) is 19.1 Å². The van der Waals surface area contributed by atoms with E-state index < -0.39 is 11.2 Å². The van der Waals surface area contributed by atoms with Gasteiger partial charge in [-0.25, -0.2) is 4.39 Å². The molecule has 0 aliphatic heterocycles. The van der Waals surface area contributed by atoms with Gasteiger partial charge in [-0.1, -0.05) is 23.9 Å². The van der Waals surface area contributed by atoms with Gasteiger partial charge in [0.15, 0.2) is 5.75 Å². The van der Waals surface area contributed by atoms with Gasteiger partial charge in [0.2, 0.25) is 5.43 Å². The smallest absolute Gasteiger partial charge is 0.233 e. The van der Waals surface area contributed by atoms with Crippen LogP contribution in [0.15, 0.2) is 35.3 Å². The molecule has 1 aromatic heterocycles. The molecule has 5 nitrogen and oxygen atoms in total. The molecule has 0 amide bonds. The van der Waals surface area contributed by atoms with Crippen LogP contribution in [0.1, 0.15) is 16.8 Å². The molecule has 0 saturated heterocycles. The molecule has 0 bridgehead atoms. The van der Waals surface area contributed by atoms with E-state index in [0.717, 1.165) is 17.3 Å². The van der Waals surface area contributed by atoms with Gasteiger partial charge in [-0.2, -0.15) is 0 Å². The average molecular weight is 319 g/mol. The molecule has 0 fully saturated rings. The fraction of sp³-hybridized carbons (Fsp3) is 0.133. The molecule has 1 aromatic carbocycles. The highest BCUT2D eigenvalue weighted by Crippen LogP contribution is 2.16.